The maximum Gasteiger partial charge on any atom is 0.287 e. The molecule has 0 aromatic carbocycles. The lowest BCUT2D eigenvalue weighted by molar-refractivity contribution is -0.906. The summed E-state index contributed by atoms with van der Waals surface area (Å²) in [5, 5.41) is 15.8. The molecule has 0 saturated carbocycles. The second-order valence-electron chi connectivity index (χ2n) is 7.79. The zero-order valence-electron chi connectivity index (χ0n) is 15.3. The van der Waals surface area contributed by atoms with E-state index in [0.717, 1.165) is 56.2 Å². The summed E-state index contributed by atoms with van der Waals surface area (Å²) in [7, 11) is 0. The van der Waals surface area contributed by atoms with Crippen LogP contribution in [-0.4, -0.2) is 56.2 Å². The summed E-state index contributed by atoms with van der Waals surface area (Å²) >= 11 is 0. The molecule has 0 radical (unpaired) electrons. The molecule has 1 aromatic heterocycles. The molecule has 25 heavy (non-hydrogen) atoms. The lowest BCUT2D eigenvalue weighted by Crippen LogP contribution is -3.14. The molecule has 0 atom stereocenters. The zero-order chi connectivity index (χ0) is 18.0. The highest BCUT2D eigenvalue weighted by atomic mass is 16.5. The smallest absolute Gasteiger partial charge is 0.287 e. The molecule has 1 aliphatic heterocycles. The molecule has 0 unspecified atom stereocenters. The molecule has 1 aliphatic carbocycles. The minimum Gasteiger partial charge on any atom is -0.455 e. The maximum absolute atomic E-state index is 12.5. The van der Waals surface area contributed by atoms with Gasteiger partial charge in [-0.2, -0.15) is 0 Å². The van der Waals surface area contributed by atoms with Gasteiger partial charge in [-0.25, -0.2) is 0 Å². The number of oxime groups is 1. The quantitative estimate of drug-likeness (QED) is 0.541. The third-order valence-corrected chi connectivity index (χ3v) is 5.08. The maximum atomic E-state index is 12.5. The number of quaternary nitrogens is 1. The highest BCUT2D eigenvalue weighted by Crippen LogP contribution is 2.38. The number of hydrogen-bond donors (Lipinski definition) is 3. The van der Waals surface area contributed by atoms with Gasteiger partial charge in [0, 0.05) is 17.5 Å². The summed E-state index contributed by atoms with van der Waals surface area (Å²) in [4.78, 5) is 14.0. The Morgan fingerprint density at radius 3 is 2.72 bits per heavy atom. The van der Waals surface area contributed by atoms with Gasteiger partial charge >= 0.3 is 0 Å². The number of nitrogens with one attached hydrogen (secondary N) is 2. The van der Waals surface area contributed by atoms with Crippen molar-refractivity contribution in [2.24, 2.45) is 10.6 Å². The number of nitrogens with zero attached hydrogens (tertiary/aromatic N) is 1. The van der Waals surface area contributed by atoms with Crippen LogP contribution >= 0.6 is 0 Å². The zero-order valence-corrected chi connectivity index (χ0v) is 15.3. The van der Waals surface area contributed by atoms with Crippen molar-refractivity contribution in [3.8, 4) is 0 Å². The van der Waals surface area contributed by atoms with Crippen molar-refractivity contribution < 1.29 is 24.1 Å². The van der Waals surface area contributed by atoms with Crippen LogP contribution in [0, 0.1) is 12.3 Å². The van der Waals surface area contributed by atoms with E-state index in [1.165, 1.54) is 4.90 Å². The largest absolute Gasteiger partial charge is 0.455 e. The number of morpholine rings is 1. The first-order chi connectivity index (χ1) is 11.9. The van der Waals surface area contributed by atoms with Crippen LogP contribution in [0.3, 0.4) is 0 Å². The van der Waals surface area contributed by atoms with Gasteiger partial charge in [0.25, 0.3) is 5.91 Å². The second-order valence-corrected chi connectivity index (χ2v) is 7.79. The monoisotopic (exact) mass is 350 g/mol. The summed E-state index contributed by atoms with van der Waals surface area (Å²) in [5.74, 6) is 0.876. The molecule has 7 nitrogen and oxygen atoms in total. The highest BCUT2D eigenvalue weighted by Gasteiger charge is 2.36. The van der Waals surface area contributed by atoms with Crippen LogP contribution in [0.5, 0.6) is 0 Å². The number of hydrogen-bond acceptors (Lipinski definition) is 5. The van der Waals surface area contributed by atoms with Crippen molar-refractivity contribution >= 4 is 11.6 Å². The van der Waals surface area contributed by atoms with E-state index in [-0.39, 0.29) is 11.3 Å². The van der Waals surface area contributed by atoms with Crippen molar-refractivity contribution in [2.75, 3.05) is 39.4 Å². The van der Waals surface area contributed by atoms with Crippen molar-refractivity contribution in [1.29, 1.82) is 0 Å². The first-order valence-electron chi connectivity index (χ1n) is 8.94. The Kier molecular flexibility index (Phi) is 5.15. The van der Waals surface area contributed by atoms with Gasteiger partial charge in [0.15, 0.2) is 5.76 Å². The van der Waals surface area contributed by atoms with Gasteiger partial charge < -0.3 is 24.6 Å². The molecule has 1 aromatic rings. The number of carbonyl (C=O) groups excluding carboxylic acids is 1. The van der Waals surface area contributed by atoms with Crippen LogP contribution in [0.2, 0.25) is 0 Å². The lowest BCUT2D eigenvalue weighted by Gasteiger charge is -2.28. The fraction of sp³-hybridized carbons (Fsp3) is 0.667. The standard InChI is InChI=1S/C18H27N3O4/c1-12-15-13(20-23)10-18(2,3)11-14(15)25-16(12)17(22)19-4-5-21-6-8-24-9-7-21/h23H,4-11H2,1-3H3,(H,19,22)/p+1/b20-13+. The third kappa shape index (κ3) is 3.88. The average Bonchev–Trinajstić information content (AvgIpc) is 2.90. The molecule has 2 heterocycles. The summed E-state index contributed by atoms with van der Waals surface area (Å²) in [5.41, 5.74) is 2.11. The SMILES string of the molecule is Cc1c(C(=O)NCC[NH+]2CCOCC2)oc2c1/C(=N/O)CC(C)(C)C2. The predicted octanol–water partition coefficient (Wildman–Crippen LogP) is 0.384. The summed E-state index contributed by atoms with van der Waals surface area (Å²) in [6.45, 7) is 11.1. The molecule has 0 spiro atoms. The van der Waals surface area contributed by atoms with E-state index in [1.54, 1.807) is 0 Å². The first-order valence-corrected chi connectivity index (χ1v) is 8.94. The van der Waals surface area contributed by atoms with Crippen molar-refractivity contribution in [3.05, 3.63) is 22.6 Å². The van der Waals surface area contributed by atoms with Gasteiger partial charge in [0.1, 0.15) is 18.8 Å². The van der Waals surface area contributed by atoms with E-state index < -0.39 is 0 Å². The Labute approximate surface area is 148 Å². The molecule has 1 fully saturated rings. The Morgan fingerprint density at radius 1 is 1.32 bits per heavy atom. The number of fused-ring (bicyclic) bond motifs is 1. The Morgan fingerprint density at radius 2 is 2.04 bits per heavy atom. The Hall–Kier alpha value is -1.86. The van der Waals surface area contributed by atoms with Crippen LogP contribution < -0.4 is 10.2 Å². The van der Waals surface area contributed by atoms with E-state index in [2.05, 4.69) is 24.3 Å². The first kappa shape index (κ1) is 17.9. The van der Waals surface area contributed by atoms with E-state index in [0.29, 0.717) is 24.4 Å². The molecule has 138 valence electrons. The van der Waals surface area contributed by atoms with Gasteiger partial charge in [0.2, 0.25) is 0 Å². The number of furan rings is 1. The number of amides is 1. The highest BCUT2D eigenvalue weighted by molar-refractivity contribution is 6.06. The van der Waals surface area contributed by atoms with Gasteiger partial charge in [-0.15, -0.1) is 0 Å². The summed E-state index contributed by atoms with van der Waals surface area (Å²) in [6.07, 6.45) is 1.39. The van der Waals surface area contributed by atoms with Crippen molar-refractivity contribution in [2.45, 2.75) is 33.6 Å². The van der Waals surface area contributed by atoms with E-state index in [9.17, 15) is 10.0 Å². The van der Waals surface area contributed by atoms with Gasteiger partial charge in [-0.1, -0.05) is 19.0 Å². The minimum absolute atomic E-state index is 0.0493. The molecule has 1 saturated heterocycles. The second kappa shape index (κ2) is 7.17. The third-order valence-electron chi connectivity index (χ3n) is 5.08. The number of ether oxygens (including phenoxy) is 1. The number of carbonyl (C=O) groups is 1. The summed E-state index contributed by atoms with van der Waals surface area (Å²) in [6, 6.07) is 0. The predicted molar refractivity (Wildman–Crippen MR) is 92.6 cm³/mol. The van der Waals surface area contributed by atoms with E-state index in [4.69, 9.17) is 9.15 Å². The van der Waals surface area contributed by atoms with Crippen molar-refractivity contribution in [1.82, 2.24) is 5.32 Å². The molecule has 0 bridgehead atoms. The molecule has 1 amide bonds. The average molecular weight is 350 g/mol. The van der Waals surface area contributed by atoms with Crippen LogP contribution in [-0.2, 0) is 11.2 Å². The van der Waals surface area contributed by atoms with Gasteiger partial charge in [-0.3, -0.25) is 4.79 Å². The van der Waals surface area contributed by atoms with Crippen LogP contribution in [0.25, 0.3) is 0 Å². The van der Waals surface area contributed by atoms with Crippen LogP contribution in [0.1, 0.15) is 47.7 Å². The van der Waals surface area contributed by atoms with Gasteiger partial charge in [0.05, 0.1) is 32.0 Å². The molecule has 3 rings (SSSR count). The fourth-order valence-electron chi connectivity index (χ4n) is 3.76. The van der Waals surface area contributed by atoms with Crippen molar-refractivity contribution in [3.63, 3.8) is 0 Å². The van der Waals surface area contributed by atoms with E-state index in [1.807, 2.05) is 6.92 Å². The Balaban J connectivity index is 1.68. The molecular formula is C18H28N3O4+. The van der Waals surface area contributed by atoms with E-state index >= 15 is 0 Å². The summed E-state index contributed by atoms with van der Waals surface area (Å²) < 4.78 is 11.2. The minimum atomic E-state index is -0.199. The van der Waals surface area contributed by atoms with Crippen LogP contribution in [0.15, 0.2) is 9.57 Å². The number of rotatable bonds is 4. The van der Waals surface area contributed by atoms with Gasteiger partial charge in [-0.05, 0) is 18.8 Å². The molecule has 2 aliphatic rings. The Bertz CT molecular complexity index is 672. The molecule has 3 N–H and O–H groups in total. The molecular weight excluding hydrogens is 322 g/mol. The van der Waals surface area contributed by atoms with Crippen LogP contribution in [0.4, 0.5) is 0 Å². The fourth-order valence-corrected chi connectivity index (χ4v) is 3.76. The topological polar surface area (TPSA) is 88.5 Å². The lowest BCUT2D eigenvalue weighted by atomic mass is 9.75. The normalized spacial score (nSPS) is 22.0. The molecule has 7 heteroatoms.